The highest BCUT2D eigenvalue weighted by Gasteiger charge is 2.21. The fraction of sp³-hybridized carbons (Fsp3) is 0.385. The summed E-state index contributed by atoms with van der Waals surface area (Å²) in [6.07, 6.45) is 2.39. The molecule has 3 N–H and O–H groups in total. The molecule has 0 bridgehead atoms. The molecule has 0 aromatic heterocycles. The van der Waals surface area contributed by atoms with Crippen LogP contribution in [0.1, 0.15) is 29.6 Å². The summed E-state index contributed by atoms with van der Waals surface area (Å²) < 4.78 is 1.18. The first-order chi connectivity index (χ1) is 9.47. The van der Waals surface area contributed by atoms with E-state index in [9.17, 15) is 14.7 Å². The van der Waals surface area contributed by atoms with Crippen molar-refractivity contribution in [2.75, 3.05) is 11.9 Å². The van der Waals surface area contributed by atoms with Crippen molar-refractivity contribution in [1.82, 2.24) is 5.32 Å². The number of nitrogens with one attached hydrogen (secondary N) is 2. The Bertz CT molecular complexity index is 543. The third-order valence-electron chi connectivity index (χ3n) is 3.14. The Morgan fingerprint density at radius 3 is 2.75 bits per heavy atom. The summed E-state index contributed by atoms with van der Waals surface area (Å²) in [7, 11) is 0. The third kappa shape index (κ3) is 3.80. The number of carboxylic acids is 1. The van der Waals surface area contributed by atoms with Gasteiger partial charge in [-0.3, -0.25) is 4.79 Å². The molecule has 1 aliphatic heterocycles. The number of halogens is 2. The lowest BCUT2D eigenvalue weighted by atomic mass is 10.1. The van der Waals surface area contributed by atoms with Gasteiger partial charge in [-0.05, 0) is 47.4 Å². The van der Waals surface area contributed by atoms with E-state index in [1.54, 1.807) is 6.07 Å². The highest BCUT2D eigenvalue weighted by Crippen LogP contribution is 2.31. The van der Waals surface area contributed by atoms with Crippen LogP contribution < -0.4 is 10.6 Å². The van der Waals surface area contributed by atoms with Gasteiger partial charge in [0.25, 0.3) is 0 Å². The van der Waals surface area contributed by atoms with E-state index in [0.717, 1.165) is 19.4 Å². The second-order valence-corrected chi connectivity index (χ2v) is 6.43. The second-order valence-electron chi connectivity index (χ2n) is 4.66. The number of rotatable bonds is 4. The largest absolute Gasteiger partial charge is 0.478 e. The van der Waals surface area contributed by atoms with Gasteiger partial charge in [0.1, 0.15) is 0 Å². The van der Waals surface area contributed by atoms with Crippen molar-refractivity contribution >= 4 is 49.4 Å². The van der Waals surface area contributed by atoms with Gasteiger partial charge in [-0.15, -0.1) is 0 Å². The number of anilines is 1. The van der Waals surface area contributed by atoms with E-state index in [2.05, 4.69) is 42.5 Å². The fourth-order valence-corrected chi connectivity index (χ4v) is 3.54. The zero-order chi connectivity index (χ0) is 14.7. The molecule has 1 saturated heterocycles. The molecular weight excluding hydrogens is 392 g/mol. The zero-order valence-corrected chi connectivity index (χ0v) is 13.8. The summed E-state index contributed by atoms with van der Waals surface area (Å²) in [5.41, 5.74) is 0.350. The predicted octanol–water partition coefficient (Wildman–Crippen LogP) is 2.99. The van der Waals surface area contributed by atoms with Crippen molar-refractivity contribution in [3.63, 3.8) is 0 Å². The summed E-state index contributed by atoms with van der Waals surface area (Å²) >= 11 is 6.52. The van der Waals surface area contributed by atoms with Gasteiger partial charge in [0.15, 0.2) is 0 Å². The van der Waals surface area contributed by atoms with Gasteiger partial charge in [0, 0.05) is 21.4 Å². The fourth-order valence-electron chi connectivity index (χ4n) is 2.21. The lowest BCUT2D eigenvalue weighted by molar-refractivity contribution is -0.116. The molecule has 0 aliphatic carbocycles. The zero-order valence-electron chi connectivity index (χ0n) is 10.6. The van der Waals surface area contributed by atoms with E-state index in [4.69, 9.17) is 0 Å². The van der Waals surface area contributed by atoms with E-state index in [-0.39, 0.29) is 17.5 Å². The van der Waals surface area contributed by atoms with Gasteiger partial charge < -0.3 is 15.7 Å². The maximum Gasteiger partial charge on any atom is 0.337 e. The van der Waals surface area contributed by atoms with Crippen molar-refractivity contribution < 1.29 is 14.7 Å². The Kier molecular flexibility index (Phi) is 5.17. The summed E-state index contributed by atoms with van der Waals surface area (Å²) in [5, 5.41) is 15.1. The SMILES string of the molecule is O=C(CC1CCCN1)Nc1c(Br)cc(Br)cc1C(=O)O. The predicted molar refractivity (Wildman–Crippen MR) is 83.1 cm³/mol. The molecule has 1 amide bonds. The van der Waals surface area contributed by atoms with Crippen LogP contribution in [0.2, 0.25) is 0 Å². The van der Waals surface area contributed by atoms with Crippen molar-refractivity contribution in [3.05, 3.63) is 26.6 Å². The molecule has 20 heavy (non-hydrogen) atoms. The summed E-state index contributed by atoms with van der Waals surface area (Å²) in [4.78, 5) is 23.3. The first-order valence-corrected chi connectivity index (χ1v) is 7.81. The Labute approximate surface area is 133 Å². The molecule has 1 unspecified atom stereocenters. The van der Waals surface area contributed by atoms with Crippen molar-refractivity contribution in [2.24, 2.45) is 0 Å². The third-order valence-corrected chi connectivity index (χ3v) is 4.23. The highest BCUT2D eigenvalue weighted by molar-refractivity contribution is 9.11. The molecule has 1 aliphatic rings. The average molecular weight is 406 g/mol. The van der Waals surface area contributed by atoms with E-state index in [0.29, 0.717) is 21.1 Å². The maximum atomic E-state index is 12.0. The van der Waals surface area contributed by atoms with Crippen LogP contribution in [0, 0.1) is 0 Å². The van der Waals surface area contributed by atoms with Crippen molar-refractivity contribution in [3.8, 4) is 0 Å². The number of carboxylic acid groups (broad SMARTS) is 1. The first kappa shape index (κ1) is 15.5. The summed E-state index contributed by atoms with van der Waals surface area (Å²) in [6, 6.07) is 3.35. The number of carbonyl (C=O) groups excluding carboxylic acids is 1. The minimum Gasteiger partial charge on any atom is -0.478 e. The molecule has 1 heterocycles. The van der Waals surface area contributed by atoms with E-state index in [1.807, 2.05) is 0 Å². The molecular formula is C13H14Br2N2O3. The van der Waals surface area contributed by atoms with E-state index >= 15 is 0 Å². The Hall–Kier alpha value is -0.920. The van der Waals surface area contributed by atoms with Gasteiger partial charge in [-0.2, -0.15) is 0 Å². The lowest BCUT2D eigenvalue weighted by Gasteiger charge is -2.14. The molecule has 1 aromatic carbocycles. The van der Waals surface area contributed by atoms with Crippen LogP contribution in [0.15, 0.2) is 21.1 Å². The van der Waals surface area contributed by atoms with Gasteiger partial charge in [-0.25, -0.2) is 4.79 Å². The van der Waals surface area contributed by atoms with Crippen molar-refractivity contribution in [2.45, 2.75) is 25.3 Å². The standard InChI is InChI=1S/C13H14Br2N2O3/c14-7-4-9(13(19)20)12(10(15)5-7)17-11(18)6-8-2-1-3-16-8/h4-5,8,16H,1-3,6H2,(H,17,18)(H,19,20). The number of hydrogen-bond donors (Lipinski definition) is 3. The van der Waals surface area contributed by atoms with E-state index in [1.165, 1.54) is 6.07 Å². The normalized spacial score (nSPS) is 18.0. The Morgan fingerprint density at radius 2 is 2.15 bits per heavy atom. The first-order valence-electron chi connectivity index (χ1n) is 6.23. The van der Waals surface area contributed by atoms with Crippen LogP contribution >= 0.6 is 31.9 Å². The summed E-state index contributed by atoms with van der Waals surface area (Å²) in [5.74, 6) is -1.27. The van der Waals surface area contributed by atoms with Crippen LogP contribution in [0.25, 0.3) is 0 Å². The molecule has 7 heteroatoms. The van der Waals surface area contributed by atoms with Crippen LogP contribution in [0.4, 0.5) is 5.69 Å². The minimum atomic E-state index is -1.08. The highest BCUT2D eigenvalue weighted by atomic mass is 79.9. The van der Waals surface area contributed by atoms with Crippen molar-refractivity contribution in [1.29, 1.82) is 0 Å². The lowest BCUT2D eigenvalue weighted by Crippen LogP contribution is -2.28. The molecule has 5 nitrogen and oxygen atoms in total. The average Bonchev–Trinajstić information content (AvgIpc) is 2.84. The monoisotopic (exact) mass is 404 g/mol. The summed E-state index contributed by atoms with van der Waals surface area (Å²) in [6.45, 7) is 0.931. The Morgan fingerprint density at radius 1 is 1.40 bits per heavy atom. The van der Waals surface area contributed by atoms with E-state index < -0.39 is 5.97 Å². The number of benzene rings is 1. The van der Waals surface area contributed by atoms with Crippen LogP contribution in [0.3, 0.4) is 0 Å². The topological polar surface area (TPSA) is 78.4 Å². The van der Waals surface area contributed by atoms with Crippen LogP contribution in [0.5, 0.6) is 0 Å². The minimum absolute atomic E-state index is 0.0546. The van der Waals surface area contributed by atoms with Gasteiger partial charge in [-0.1, -0.05) is 15.9 Å². The second kappa shape index (κ2) is 6.69. The molecule has 0 radical (unpaired) electrons. The molecule has 1 fully saturated rings. The van der Waals surface area contributed by atoms with Gasteiger partial charge >= 0.3 is 5.97 Å². The number of aromatic carboxylic acids is 1. The molecule has 108 valence electrons. The number of hydrogen-bond acceptors (Lipinski definition) is 3. The molecule has 1 aromatic rings. The number of amides is 1. The van der Waals surface area contributed by atoms with Crippen LogP contribution in [-0.4, -0.2) is 29.6 Å². The molecule has 2 rings (SSSR count). The Balaban J connectivity index is 2.15. The molecule has 1 atom stereocenters. The quantitative estimate of drug-likeness (QED) is 0.719. The maximum absolute atomic E-state index is 12.0. The molecule has 0 spiro atoms. The van der Waals surface area contributed by atoms with Gasteiger partial charge in [0.2, 0.25) is 5.91 Å². The van der Waals surface area contributed by atoms with Gasteiger partial charge in [0.05, 0.1) is 11.3 Å². The smallest absolute Gasteiger partial charge is 0.337 e. The van der Waals surface area contributed by atoms with Crippen LogP contribution in [-0.2, 0) is 4.79 Å². The molecule has 0 saturated carbocycles. The number of carbonyl (C=O) groups is 2.